The molecule has 0 saturated heterocycles. The molecule has 1 heterocycles. The summed E-state index contributed by atoms with van der Waals surface area (Å²) in [6, 6.07) is 4.02. The van der Waals surface area contributed by atoms with Crippen LogP contribution in [0.1, 0.15) is 31.7 Å². The van der Waals surface area contributed by atoms with E-state index >= 15 is 0 Å². The van der Waals surface area contributed by atoms with Gasteiger partial charge in [-0.1, -0.05) is 38.0 Å². The normalized spacial score (nSPS) is 10.8. The number of allylic oxidation sites excluding steroid dienone is 1. The summed E-state index contributed by atoms with van der Waals surface area (Å²) in [4.78, 5) is 4.03. The van der Waals surface area contributed by atoms with Gasteiger partial charge in [-0.05, 0) is 18.1 Å². The van der Waals surface area contributed by atoms with E-state index < -0.39 is 0 Å². The molecule has 0 saturated carbocycles. The van der Waals surface area contributed by atoms with E-state index in [0.717, 1.165) is 0 Å². The molecule has 0 spiro atoms. The standard InChI is InChI=1S/C11H15N/c1-2-3-4-5-7-11-8-6-9-12-10-11/h5-10H,2-4H2,1H3/b7-5-. The Morgan fingerprint density at radius 1 is 1.50 bits per heavy atom. The van der Waals surface area contributed by atoms with Crippen LogP contribution in [-0.4, -0.2) is 4.98 Å². The van der Waals surface area contributed by atoms with Crippen LogP contribution in [0.2, 0.25) is 0 Å². The summed E-state index contributed by atoms with van der Waals surface area (Å²) in [6.45, 7) is 2.21. The fourth-order valence-electron chi connectivity index (χ4n) is 1.02. The maximum atomic E-state index is 4.03. The predicted molar refractivity (Wildman–Crippen MR) is 52.8 cm³/mol. The highest BCUT2D eigenvalue weighted by molar-refractivity contribution is 5.46. The maximum Gasteiger partial charge on any atom is 0.0340 e. The van der Waals surface area contributed by atoms with E-state index in [1.807, 2.05) is 12.3 Å². The van der Waals surface area contributed by atoms with Crippen LogP contribution < -0.4 is 0 Å². The summed E-state index contributed by atoms with van der Waals surface area (Å²) < 4.78 is 0. The van der Waals surface area contributed by atoms with Crippen molar-refractivity contribution in [3.05, 3.63) is 36.2 Å². The zero-order valence-corrected chi connectivity index (χ0v) is 7.53. The first-order valence-corrected chi connectivity index (χ1v) is 4.50. The molecule has 0 aliphatic rings. The first kappa shape index (κ1) is 8.98. The van der Waals surface area contributed by atoms with E-state index in [2.05, 4.69) is 30.1 Å². The Kier molecular flexibility index (Phi) is 4.14. The fraction of sp³-hybridized carbons (Fsp3) is 0.364. The Bertz CT molecular complexity index is 226. The summed E-state index contributed by atoms with van der Waals surface area (Å²) in [5.41, 5.74) is 1.19. The maximum absolute atomic E-state index is 4.03. The highest BCUT2D eigenvalue weighted by Gasteiger charge is 1.82. The van der Waals surface area contributed by atoms with Crippen molar-refractivity contribution in [2.75, 3.05) is 0 Å². The van der Waals surface area contributed by atoms with Gasteiger partial charge in [0.1, 0.15) is 0 Å². The minimum absolute atomic E-state index is 1.17. The number of unbranched alkanes of at least 4 members (excludes halogenated alkanes) is 2. The molecule has 0 aliphatic carbocycles. The number of rotatable bonds is 4. The molecule has 1 rings (SSSR count). The minimum atomic E-state index is 1.17. The lowest BCUT2D eigenvalue weighted by atomic mass is 10.2. The van der Waals surface area contributed by atoms with Gasteiger partial charge in [-0.25, -0.2) is 0 Å². The fourth-order valence-corrected chi connectivity index (χ4v) is 1.02. The second-order valence-electron chi connectivity index (χ2n) is 2.83. The number of hydrogen-bond acceptors (Lipinski definition) is 1. The summed E-state index contributed by atoms with van der Waals surface area (Å²) >= 11 is 0. The molecule has 0 amide bonds. The number of nitrogens with zero attached hydrogens (tertiary/aromatic N) is 1. The van der Waals surface area contributed by atoms with E-state index in [1.54, 1.807) is 6.20 Å². The van der Waals surface area contributed by atoms with Crippen LogP contribution in [0.3, 0.4) is 0 Å². The van der Waals surface area contributed by atoms with Gasteiger partial charge in [0.15, 0.2) is 0 Å². The Morgan fingerprint density at radius 3 is 3.08 bits per heavy atom. The van der Waals surface area contributed by atoms with Gasteiger partial charge in [0.2, 0.25) is 0 Å². The Morgan fingerprint density at radius 2 is 2.42 bits per heavy atom. The molecule has 0 aliphatic heterocycles. The molecule has 1 aromatic rings. The van der Waals surface area contributed by atoms with Crippen LogP contribution in [0.25, 0.3) is 6.08 Å². The summed E-state index contributed by atoms with van der Waals surface area (Å²) in [7, 11) is 0. The van der Waals surface area contributed by atoms with Crippen molar-refractivity contribution in [1.29, 1.82) is 0 Å². The molecule has 1 nitrogen and oxygen atoms in total. The average molecular weight is 161 g/mol. The second kappa shape index (κ2) is 5.53. The van der Waals surface area contributed by atoms with Crippen LogP contribution in [0, 0.1) is 0 Å². The molecule has 0 aromatic carbocycles. The lowest BCUT2D eigenvalue weighted by Crippen LogP contribution is -1.73. The molecule has 1 aromatic heterocycles. The van der Waals surface area contributed by atoms with E-state index in [1.165, 1.54) is 24.8 Å². The van der Waals surface area contributed by atoms with Crippen molar-refractivity contribution in [2.24, 2.45) is 0 Å². The van der Waals surface area contributed by atoms with Crippen LogP contribution in [0.15, 0.2) is 30.6 Å². The quantitative estimate of drug-likeness (QED) is 0.617. The monoisotopic (exact) mass is 161 g/mol. The van der Waals surface area contributed by atoms with Crippen LogP contribution >= 0.6 is 0 Å². The van der Waals surface area contributed by atoms with Gasteiger partial charge in [-0.2, -0.15) is 0 Å². The molecular weight excluding hydrogens is 146 g/mol. The zero-order chi connectivity index (χ0) is 8.65. The lowest BCUT2D eigenvalue weighted by molar-refractivity contribution is 0.816. The van der Waals surface area contributed by atoms with Gasteiger partial charge in [-0.3, -0.25) is 4.98 Å². The largest absolute Gasteiger partial charge is 0.264 e. The zero-order valence-electron chi connectivity index (χ0n) is 7.53. The van der Waals surface area contributed by atoms with Crippen LogP contribution in [0.4, 0.5) is 0 Å². The molecule has 0 unspecified atom stereocenters. The highest BCUT2D eigenvalue weighted by Crippen LogP contribution is 2.02. The Hall–Kier alpha value is -1.11. The number of aromatic nitrogens is 1. The smallest absolute Gasteiger partial charge is 0.0340 e. The lowest BCUT2D eigenvalue weighted by Gasteiger charge is -1.90. The van der Waals surface area contributed by atoms with Crippen molar-refractivity contribution in [3.63, 3.8) is 0 Å². The van der Waals surface area contributed by atoms with Gasteiger partial charge in [0, 0.05) is 12.4 Å². The van der Waals surface area contributed by atoms with E-state index in [4.69, 9.17) is 0 Å². The van der Waals surface area contributed by atoms with Gasteiger partial charge in [0.25, 0.3) is 0 Å². The topological polar surface area (TPSA) is 12.9 Å². The third-order valence-corrected chi connectivity index (χ3v) is 1.72. The number of pyridine rings is 1. The van der Waals surface area contributed by atoms with Gasteiger partial charge < -0.3 is 0 Å². The highest BCUT2D eigenvalue weighted by atomic mass is 14.6. The molecule has 0 radical (unpaired) electrons. The molecule has 64 valence electrons. The van der Waals surface area contributed by atoms with E-state index in [0.29, 0.717) is 0 Å². The van der Waals surface area contributed by atoms with Gasteiger partial charge in [-0.15, -0.1) is 0 Å². The van der Waals surface area contributed by atoms with Crippen molar-refractivity contribution in [3.8, 4) is 0 Å². The molecule has 1 heteroatoms. The first-order chi connectivity index (χ1) is 5.93. The van der Waals surface area contributed by atoms with Crippen molar-refractivity contribution in [2.45, 2.75) is 26.2 Å². The molecule has 12 heavy (non-hydrogen) atoms. The average Bonchev–Trinajstić information content (AvgIpc) is 2.14. The summed E-state index contributed by atoms with van der Waals surface area (Å²) in [5, 5.41) is 0. The molecule has 0 N–H and O–H groups in total. The molecule has 0 bridgehead atoms. The van der Waals surface area contributed by atoms with Crippen molar-refractivity contribution < 1.29 is 0 Å². The Balaban J connectivity index is 2.36. The second-order valence-corrected chi connectivity index (χ2v) is 2.83. The molecule has 0 atom stereocenters. The van der Waals surface area contributed by atoms with Gasteiger partial charge >= 0.3 is 0 Å². The van der Waals surface area contributed by atoms with E-state index in [-0.39, 0.29) is 0 Å². The van der Waals surface area contributed by atoms with Crippen LogP contribution in [-0.2, 0) is 0 Å². The SMILES string of the molecule is CCCC/C=C\c1cccnc1. The van der Waals surface area contributed by atoms with Crippen LogP contribution in [0.5, 0.6) is 0 Å². The van der Waals surface area contributed by atoms with Crippen molar-refractivity contribution in [1.82, 2.24) is 4.98 Å². The van der Waals surface area contributed by atoms with Crippen molar-refractivity contribution >= 4 is 6.08 Å². The molecule has 0 fully saturated rings. The van der Waals surface area contributed by atoms with Gasteiger partial charge in [0.05, 0.1) is 0 Å². The minimum Gasteiger partial charge on any atom is -0.264 e. The summed E-state index contributed by atoms with van der Waals surface area (Å²) in [5.74, 6) is 0. The molecular formula is C11H15N. The van der Waals surface area contributed by atoms with E-state index in [9.17, 15) is 0 Å². The number of hydrogen-bond donors (Lipinski definition) is 0. The predicted octanol–water partition coefficient (Wildman–Crippen LogP) is 3.29. The Labute approximate surface area is 74.2 Å². The first-order valence-electron chi connectivity index (χ1n) is 4.50. The third-order valence-electron chi connectivity index (χ3n) is 1.72. The summed E-state index contributed by atoms with van der Waals surface area (Å²) in [6.07, 6.45) is 11.7. The third kappa shape index (κ3) is 3.33.